The predicted molar refractivity (Wildman–Crippen MR) is 84.0 cm³/mol. The van der Waals surface area contributed by atoms with E-state index in [-0.39, 0.29) is 23.7 Å². The number of rotatable bonds is 6. The number of benzene rings is 2. The van der Waals surface area contributed by atoms with Crippen molar-refractivity contribution in [2.75, 3.05) is 7.11 Å². The molecule has 2 rings (SSSR count). The fourth-order valence-corrected chi connectivity index (χ4v) is 2.48. The molecule has 0 aliphatic carbocycles. The van der Waals surface area contributed by atoms with Crippen molar-refractivity contribution in [3.8, 4) is 5.75 Å². The van der Waals surface area contributed by atoms with Crippen LogP contribution in [-0.2, 0) is 0 Å². The van der Waals surface area contributed by atoms with E-state index in [2.05, 4.69) is 31.3 Å². The van der Waals surface area contributed by atoms with Gasteiger partial charge in [0.1, 0.15) is 0 Å². The topological polar surface area (TPSA) is 21.3 Å². The number of halogens is 1. The minimum atomic E-state index is -0.330. The molecular formula is C18H22FNO. The van der Waals surface area contributed by atoms with E-state index in [0.29, 0.717) is 0 Å². The lowest BCUT2D eigenvalue weighted by molar-refractivity contribution is 0.384. The monoisotopic (exact) mass is 287 g/mol. The zero-order valence-electron chi connectivity index (χ0n) is 12.8. The number of hydrogen-bond donors (Lipinski definition) is 1. The molecular weight excluding hydrogens is 265 g/mol. The molecule has 0 bridgehead atoms. The molecule has 1 N–H and O–H groups in total. The Labute approximate surface area is 126 Å². The van der Waals surface area contributed by atoms with Gasteiger partial charge in [-0.3, -0.25) is 0 Å². The number of ether oxygens (including phenoxy) is 1. The quantitative estimate of drug-likeness (QED) is 0.836. The van der Waals surface area contributed by atoms with Gasteiger partial charge >= 0.3 is 0 Å². The Morgan fingerprint density at radius 2 is 1.81 bits per heavy atom. The molecule has 2 atom stereocenters. The molecule has 0 saturated carbocycles. The van der Waals surface area contributed by atoms with Crippen LogP contribution in [0.3, 0.4) is 0 Å². The summed E-state index contributed by atoms with van der Waals surface area (Å²) in [6.45, 7) is 4.24. The van der Waals surface area contributed by atoms with E-state index in [1.165, 1.54) is 18.7 Å². The molecule has 0 heterocycles. The largest absolute Gasteiger partial charge is 0.494 e. The van der Waals surface area contributed by atoms with E-state index >= 15 is 0 Å². The van der Waals surface area contributed by atoms with Gasteiger partial charge in [-0.2, -0.15) is 0 Å². The predicted octanol–water partition coefficient (Wildman–Crippen LogP) is 4.64. The van der Waals surface area contributed by atoms with E-state index in [0.717, 1.165) is 12.0 Å². The molecule has 2 aromatic rings. The van der Waals surface area contributed by atoms with E-state index in [1.54, 1.807) is 12.1 Å². The second-order valence-electron chi connectivity index (χ2n) is 5.15. The molecule has 0 amide bonds. The Morgan fingerprint density at radius 3 is 2.43 bits per heavy atom. The average Bonchev–Trinajstić information content (AvgIpc) is 2.53. The van der Waals surface area contributed by atoms with Crippen molar-refractivity contribution >= 4 is 0 Å². The van der Waals surface area contributed by atoms with E-state index in [1.807, 2.05) is 18.2 Å². The van der Waals surface area contributed by atoms with Gasteiger partial charge in [0, 0.05) is 12.1 Å². The Hall–Kier alpha value is -1.87. The van der Waals surface area contributed by atoms with Crippen molar-refractivity contribution in [3.63, 3.8) is 0 Å². The summed E-state index contributed by atoms with van der Waals surface area (Å²) in [5, 5.41) is 3.59. The highest BCUT2D eigenvalue weighted by molar-refractivity contribution is 5.32. The summed E-state index contributed by atoms with van der Waals surface area (Å²) in [7, 11) is 1.49. The first-order valence-corrected chi connectivity index (χ1v) is 7.30. The molecule has 2 nitrogen and oxygen atoms in total. The van der Waals surface area contributed by atoms with Crippen LogP contribution in [0, 0.1) is 5.82 Å². The third-order valence-corrected chi connectivity index (χ3v) is 3.74. The fraction of sp³-hybridized carbons (Fsp3) is 0.333. The summed E-state index contributed by atoms with van der Waals surface area (Å²) in [6.07, 6.45) is 0.993. The van der Waals surface area contributed by atoms with Crippen LogP contribution in [0.2, 0.25) is 0 Å². The molecule has 0 spiro atoms. The summed E-state index contributed by atoms with van der Waals surface area (Å²) in [5.41, 5.74) is 2.28. The molecule has 0 radical (unpaired) electrons. The summed E-state index contributed by atoms with van der Waals surface area (Å²) in [4.78, 5) is 0. The van der Waals surface area contributed by atoms with Gasteiger partial charge in [0.2, 0.25) is 0 Å². The lowest BCUT2D eigenvalue weighted by atomic mass is 10.0. The van der Waals surface area contributed by atoms with Gasteiger partial charge in [0.15, 0.2) is 11.6 Å². The Bertz CT molecular complexity index is 571. The fourth-order valence-electron chi connectivity index (χ4n) is 2.48. The smallest absolute Gasteiger partial charge is 0.165 e. The van der Waals surface area contributed by atoms with Gasteiger partial charge in [0.05, 0.1) is 7.11 Å². The number of methoxy groups -OCH3 is 1. The summed E-state index contributed by atoms with van der Waals surface area (Å²) < 4.78 is 18.5. The van der Waals surface area contributed by atoms with Crippen LogP contribution in [0.25, 0.3) is 0 Å². The van der Waals surface area contributed by atoms with Crippen LogP contribution < -0.4 is 10.1 Å². The van der Waals surface area contributed by atoms with Gasteiger partial charge in [-0.25, -0.2) is 4.39 Å². The maximum Gasteiger partial charge on any atom is 0.165 e. The third kappa shape index (κ3) is 3.82. The van der Waals surface area contributed by atoms with E-state index < -0.39 is 0 Å². The molecule has 112 valence electrons. The first kappa shape index (κ1) is 15.5. The van der Waals surface area contributed by atoms with Crippen molar-refractivity contribution in [2.45, 2.75) is 32.4 Å². The molecule has 0 aliphatic rings. The van der Waals surface area contributed by atoms with Crippen LogP contribution in [0.4, 0.5) is 4.39 Å². The molecule has 0 fully saturated rings. The lowest BCUT2D eigenvalue weighted by Crippen LogP contribution is -2.24. The van der Waals surface area contributed by atoms with Crippen molar-refractivity contribution in [1.29, 1.82) is 0 Å². The minimum absolute atomic E-state index is 0.115. The highest BCUT2D eigenvalue weighted by Gasteiger charge is 2.15. The number of nitrogens with one attached hydrogen (secondary N) is 1. The second kappa shape index (κ2) is 7.23. The van der Waals surface area contributed by atoms with E-state index in [9.17, 15) is 4.39 Å². The maximum absolute atomic E-state index is 13.5. The summed E-state index contributed by atoms with van der Waals surface area (Å²) >= 11 is 0. The third-order valence-electron chi connectivity index (χ3n) is 3.74. The van der Waals surface area contributed by atoms with Crippen LogP contribution in [0.1, 0.15) is 43.5 Å². The van der Waals surface area contributed by atoms with Crippen LogP contribution in [0.5, 0.6) is 5.75 Å². The zero-order valence-corrected chi connectivity index (χ0v) is 12.8. The molecule has 0 aromatic heterocycles. The van der Waals surface area contributed by atoms with Gasteiger partial charge in [-0.1, -0.05) is 43.3 Å². The zero-order chi connectivity index (χ0) is 15.2. The van der Waals surface area contributed by atoms with Gasteiger partial charge in [-0.05, 0) is 36.6 Å². The first-order chi connectivity index (χ1) is 10.2. The standard InChI is InChI=1S/C18H22FNO/c1-4-17(14-8-6-5-7-9-14)20-13(2)15-10-11-16(19)18(12-15)21-3/h5-13,17,20H,4H2,1-3H3. The average molecular weight is 287 g/mol. The lowest BCUT2D eigenvalue weighted by Gasteiger charge is -2.23. The van der Waals surface area contributed by atoms with Crippen molar-refractivity contribution in [2.24, 2.45) is 0 Å². The Kier molecular flexibility index (Phi) is 5.34. The minimum Gasteiger partial charge on any atom is -0.494 e. The Morgan fingerprint density at radius 1 is 1.10 bits per heavy atom. The van der Waals surface area contributed by atoms with Crippen LogP contribution in [0.15, 0.2) is 48.5 Å². The molecule has 3 heteroatoms. The highest BCUT2D eigenvalue weighted by atomic mass is 19.1. The van der Waals surface area contributed by atoms with Gasteiger partial charge < -0.3 is 10.1 Å². The van der Waals surface area contributed by atoms with Crippen LogP contribution in [-0.4, -0.2) is 7.11 Å². The normalized spacial score (nSPS) is 13.7. The van der Waals surface area contributed by atoms with Crippen molar-refractivity contribution in [1.82, 2.24) is 5.32 Å². The van der Waals surface area contributed by atoms with E-state index in [4.69, 9.17) is 4.74 Å². The van der Waals surface area contributed by atoms with Crippen molar-refractivity contribution < 1.29 is 9.13 Å². The van der Waals surface area contributed by atoms with Gasteiger partial charge in [0.25, 0.3) is 0 Å². The van der Waals surface area contributed by atoms with Gasteiger partial charge in [-0.15, -0.1) is 0 Å². The SMILES string of the molecule is CCC(NC(C)c1ccc(F)c(OC)c1)c1ccccc1. The highest BCUT2D eigenvalue weighted by Crippen LogP contribution is 2.25. The second-order valence-corrected chi connectivity index (χ2v) is 5.15. The molecule has 21 heavy (non-hydrogen) atoms. The number of hydrogen-bond acceptors (Lipinski definition) is 2. The maximum atomic E-state index is 13.5. The summed E-state index contributed by atoms with van der Waals surface area (Å²) in [6, 6.07) is 15.8. The molecule has 2 aromatic carbocycles. The molecule has 0 saturated heterocycles. The first-order valence-electron chi connectivity index (χ1n) is 7.30. The Balaban J connectivity index is 2.14. The molecule has 2 unspecified atom stereocenters. The van der Waals surface area contributed by atoms with Crippen LogP contribution >= 0.6 is 0 Å². The van der Waals surface area contributed by atoms with Crippen molar-refractivity contribution in [3.05, 3.63) is 65.5 Å². The molecule has 0 aliphatic heterocycles. The summed E-state index contributed by atoms with van der Waals surface area (Å²) in [5.74, 6) is -0.0440.